The molecule has 1 aliphatic heterocycles. The predicted molar refractivity (Wildman–Crippen MR) is 100 cm³/mol. The van der Waals surface area contributed by atoms with E-state index in [1.807, 2.05) is 34.5 Å². The average molecular weight is 368 g/mol. The lowest BCUT2D eigenvalue weighted by molar-refractivity contribution is 0.120. The van der Waals surface area contributed by atoms with Crippen LogP contribution in [0.5, 0.6) is 5.75 Å². The normalized spacial score (nSPS) is 14.1. The Labute approximate surface area is 154 Å². The standard InChI is InChI=1S/C19H16N2O4S/c1-23-15-6-3-13(4-7-15)2-5-14-12-26-17-16(14)25-19(20-18(17)22)21-8-10-24-11-9-21/h3-4,6-7,12H,8-11H2,1H3. The number of fused-ring (bicyclic) bond motifs is 1. The number of thiophene rings is 1. The summed E-state index contributed by atoms with van der Waals surface area (Å²) in [7, 11) is 1.63. The van der Waals surface area contributed by atoms with Crippen molar-refractivity contribution in [3.63, 3.8) is 0 Å². The first-order chi connectivity index (χ1) is 12.7. The molecule has 0 unspecified atom stereocenters. The van der Waals surface area contributed by atoms with Gasteiger partial charge in [0.15, 0.2) is 5.58 Å². The highest BCUT2D eigenvalue weighted by Crippen LogP contribution is 2.25. The van der Waals surface area contributed by atoms with Crippen molar-refractivity contribution in [1.82, 2.24) is 4.98 Å². The minimum absolute atomic E-state index is 0.282. The summed E-state index contributed by atoms with van der Waals surface area (Å²) in [6, 6.07) is 7.82. The van der Waals surface area contributed by atoms with Gasteiger partial charge in [0.1, 0.15) is 10.4 Å². The molecular weight excluding hydrogens is 352 g/mol. The zero-order valence-corrected chi connectivity index (χ0v) is 15.0. The Morgan fingerprint density at radius 3 is 2.69 bits per heavy atom. The van der Waals surface area contributed by atoms with Crippen molar-refractivity contribution in [3.05, 3.63) is 51.1 Å². The molecule has 4 rings (SSSR count). The fourth-order valence-corrected chi connectivity index (χ4v) is 3.44. The largest absolute Gasteiger partial charge is 0.497 e. The Hall–Kier alpha value is -2.82. The lowest BCUT2D eigenvalue weighted by Gasteiger charge is -2.25. The Morgan fingerprint density at radius 1 is 1.19 bits per heavy atom. The number of benzene rings is 1. The maximum atomic E-state index is 12.3. The SMILES string of the molecule is COc1ccc(C#Cc2csc3c(=O)nc(N4CCOCC4)oc23)cc1. The average Bonchev–Trinajstić information content (AvgIpc) is 3.11. The van der Waals surface area contributed by atoms with Crippen LogP contribution in [0.15, 0.2) is 38.9 Å². The van der Waals surface area contributed by atoms with Crippen molar-refractivity contribution in [1.29, 1.82) is 0 Å². The second-order valence-electron chi connectivity index (χ2n) is 5.69. The predicted octanol–water partition coefficient (Wildman–Crippen LogP) is 2.49. The van der Waals surface area contributed by atoms with Crippen molar-refractivity contribution >= 4 is 27.6 Å². The maximum absolute atomic E-state index is 12.3. The molecule has 1 fully saturated rings. The van der Waals surface area contributed by atoms with Crippen LogP contribution in [0.4, 0.5) is 6.01 Å². The third-order valence-corrected chi connectivity index (χ3v) is 4.99. The monoisotopic (exact) mass is 368 g/mol. The summed E-state index contributed by atoms with van der Waals surface area (Å²) in [5.74, 6) is 6.97. The lowest BCUT2D eigenvalue weighted by atomic mass is 10.2. The summed E-state index contributed by atoms with van der Waals surface area (Å²) in [6.07, 6.45) is 0. The van der Waals surface area contributed by atoms with E-state index in [1.54, 1.807) is 7.11 Å². The number of aromatic nitrogens is 1. The first-order valence-electron chi connectivity index (χ1n) is 8.16. The molecule has 0 bridgehead atoms. The van der Waals surface area contributed by atoms with Gasteiger partial charge in [-0.3, -0.25) is 4.79 Å². The molecule has 2 aromatic heterocycles. The molecule has 1 aromatic carbocycles. The molecule has 0 amide bonds. The van der Waals surface area contributed by atoms with E-state index in [9.17, 15) is 4.79 Å². The molecule has 1 saturated heterocycles. The fourth-order valence-electron chi connectivity index (χ4n) is 2.64. The summed E-state index contributed by atoms with van der Waals surface area (Å²) in [5.41, 5.74) is 1.76. The van der Waals surface area contributed by atoms with Crippen LogP contribution in [-0.4, -0.2) is 38.4 Å². The molecule has 1 aliphatic rings. The molecule has 0 aliphatic carbocycles. The number of hydrogen-bond acceptors (Lipinski definition) is 7. The molecule has 6 nitrogen and oxygen atoms in total. The molecule has 3 aromatic rings. The van der Waals surface area contributed by atoms with Gasteiger partial charge in [-0.05, 0) is 24.3 Å². The summed E-state index contributed by atoms with van der Waals surface area (Å²) >= 11 is 1.30. The van der Waals surface area contributed by atoms with Crippen molar-refractivity contribution in [2.24, 2.45) is 0 Å². The molecule has 0 saturated carbocycles. The minimum Gasteiger partial charge on any atom is -0.497 e. The molecule has 0 N–H and O–H groups in total. The number of ether oxygens (including phenoxy) is 2. The van der Waals surface area contributed by atoms with E-state index in [4.69, 9.17) is 13.9 Å². The van der Waals surface area contributed by atoms with Gasteiger partial charge in [0.25, 0.3) is 5.56 Å². The van der Waals surface area contributed by atoms with Gasteiger partial charge in [-0.25, -0.2) is 0 Å². The highest BCUT2D eigenvalue weighted by Gasteiger charge is 2.18. The topological polar surface area (TPSA) is 64.8 Å². The number of morpholine rings is 1. The maximum Gasteiger partial charge on any atom is 0.301 e. The Bertz CT molecular complexity index is 1040. The molecule has 0 atom stereocenters. The van der Waals surface area contributed by atoms with Gasteiger partial charge >= 0.3 is 6.01 Å². The van der Waals surface area contributed by atoms with Crippen LogP contribution in [0.2, 0.25) is 0 Å². The zero-order chi connectivity index (χ0) is 17.9. The third-order valence-electron chi connectivity index (χ3n) is 4.04. The van der Waals surface area contributed by atoms with E-state index in [2.05, 4.69) is 16.8 Å². The number of hydrogen-bond donors (Lipinski definition) is 0. The molecule has 132 valence electrons. The Morgan fingerprint density at radius 2 is 1.96 bits per heavy atom. The number of anilines is 1. The van der Waals surface area contributed by atoms with Crippen LogP contribution >= 0.6 is 11.3 Å². The van der Waals surface area contributed by atoms with E-state index in [1.165, 1.54) is 11.3 Å². The van der Waals surface area contributed by atoms with E-state index in [0.717, 1.165) is 11.3 Å². The quantitative estimate of drug-likeness (QED) is 0.648. The lowest BCUT2D eigenvalue weighted by Crippen LogP contribution is -2.37. The first-order valence-corrected chi connectivity index (χ1v) is 9.03. The van der Waals surface area contributed by atoms with Gasteiger partial charge < -0.3 is 18.8 Å². The van der Waals surface area contributed by atoms with E-state index in [0.29, 0.717) is 48.2 Å². The smallest absolute Gasteiger partial charge is 0.301 e. The van der Waals surface area contributed by atoms with Gasteiger partial charge in [-0.1, -0.05) is 11.8 Å². The van der Waals surface area contributed by atoms with E-state index in [-0.39, 0.29) is 5.56 Å². The third kappa shape index (κ3) is 3.29. The molecule has 26 heavy (non-hydrogen) atoms. The summed E-state index contributed by atoms with van der Waals surface area (Å²) in [5, 5.41) is 1.83. The van der Waals surface area contributed by atoms with Crippen LogP contribution in [0.3, 0.4) is 0 Å². The zero-order valence-electron chi connectivity index (χ0n) is 14.2. The second kappa shape index (κ2) is 7.20. The van der Waals surface area contributed by atoms with Crippen molar-refractivity contribution < 1.29 is 13.9 Å². The highest BCUT2D eigenvalue weighted by atomic mass is 32.1. The minimum atomic E-state index is -0.282. The van der Waals surface area contributed by atoms with Crippen molar-refractivity contribution in [3.8, 4) is 17.6 Å². The second-order valence-corrected chi connectivity index (χ2v) is 6.57. The Balaban J connectivity index is 1.70. The summed E-state index contributed by atoms with van der Waals surface area (Å²) < 4.78 is 16.9. The van der Waals surface area contributed by atoms with E-state index < -0.39 is 0 Å². The number of rotatable bonds is 2. The van der Waals surface area contributed by atoms with Crippen molar-refractivity contribution in [2.75, 3.05) is 38.3 Å². The van der Waals surface area contributed by atoms with Crippen LogP contribution in [0.1, 0.15) is 11.1 Å². The highest BCUT2D eigenvalue weighted by molar-refractivity contribution is 7.17. The number of methoxy groups -OCH3 is 1. The van der Waals surface area contributed by atoms with Gasteiger partial charge in [0, 0.05) is 24.0 Å². The van der Waals surface area contributed by atoms with Crippen molar-refractivity contribution in [2.45, 2.75) is 0 Å². The van der Waals surface area contributed by atoms with Gasteiger partial charge in [-0.2, -0.15) is 4.98 Å². The fraction of sp³-hybridized carbons (Fsp3) is 0.263. The van der Waals surface area contributed by atoms with Crippen LogP contribution in [-0.2, 0) is 4.74 Å². The van der Waals surface area contributed by atoms with Gasteiger partial charge in [0.05, 0.1) is 25.9 Å². The van der Waals surface area contributed by atoms with Crippen LogP contribution in [0, 0.1) is 11.8 Å². The molecular formula is C19H16N2O4S. The van der Waals surface area contributed by atoms with Crippen LogP contribution < -0.4 is 15.2 Å². The summed E-state index contributed by atoms with van der Waals surface area (Å²) in [4.78, 5) is 18.3. The van der Waals surface area contributed by atoms with Crippen LogP contribution in [0.25, 0.3) is 10.3 Å². The first kappa shape index (κ1) is 16.6. The Kier molecular flexibility index (Phi) is 4.61. The van der Waals surface area contributed by atoms with E-state index >= 15 is 0 Å². The number of nitrogens with zero attached hydrogens (tertiary/aromatic N) is 2. The molecule has 0 radical (unpaired) electrons. The summed E-state index contributed by atoms with van der Waals surface area (Å²) in [6.45, 7) is 2.49. The molecule has 0 spiro atoms. The van der Waals surface area contributed by atoms with Gasteiger partial charge in [0.2, 0.25) is 0 Å². The molecule has 7 heteroatoms. The molecule has 3 heterocycles. The van der Waals surface area contributed by atoms with Gasteiger partial charge in [-0.15, -0.1) is 11.3 Å².